The topological polar surface area (TPSA) is 143 Å². The van der Waals surface area contributed by atoms with Gasteiger partial charge < -0.3 is 29.2 Å². The molecule has 12 nitrogen and oxygen atoms in total. The number of anilines is 1. The lowest BCUT2D eigenvalue weighted by molar-refractivity contribution is -0.192. The summed E-state index contributed by atoms with van der Waals surface area (Å²) in [5.74, 6) is -2.52. The average molecular weight is 693 g/mol. The molecule has 6 rings (SSSR count). The number of nitrogens with zero attached hydrogens (tertiary/aromatic N) is 6. The molecule has 0 unspecified atom stereocenters. The minimum atomic E-state index is -5.08. The normalized spacial score (nSPS) is 14.7. The molecular weight excluding hydrogens is 664 g/mol. The quantitative estimate of drug-likeness (QED) is 0.175. The second-order valence-electron chi connectivity index (χ2n) is 10.9. The number of halogens is 5. The van der Waals surface area contributed by atoms with E-state index in [0.29, 0.717) is 30.3 Å². The third-order valence-corrected chi connectivity index (χ3v) is 7.84. The van der Waals surface area contributed by atoms with Crippen LogP contribution in [-0.4, -0.2) is 92.6 Å². The molecule has 254 valence electrons. The second kappa shape index (κ2) is 14.5. The summed E-state index contributed by atoms with van der Waals surface area (Å²) in [6.45, 7) is 4.84. The first-order chi connectivity index (χ1) is 22.8. The molecule has 0 spiro atoms. The zero-order chi connectivity index (χ0) is 34.6. The predicted octanol–water partition coefficient (Wildman–Crippen LogP) is 4.81. The van der Waals surface area contributed by atoms with Crippen molar-refractivity contribution in [3.05, 3.63) is 87.6 Å². The molecule has 48 heavy (non-hydrogen) atoms. The minimum Gasteiger partial charge on any atom is -0.478 e. The number of benzene rings is 2. The number of hydrogen-bond acceptors (Lipinski definition) is 9. The molecule has 0 aliphatic carbocycles. The maximum Gasteiger partial charge on any atom is 0.490 e. The number of imidazole rings is 1. The molecule has 0 amide bonds. The summed E-state index contributed by atoms with van der Waals surface area (Å²) in [5.41, 5.74) is 4.88. The molecule has 2 aromatic heterocycles. The first-order valence-electron chi connectivity index (χ1n) is 14.4. The van der Waals surface area contributed by atoms with Gasteiger partial charge in [-0.2, -0.15) is 18.2 Å². The lowest BCUT2D eigenvalue weighted by Gasteiger charge is -2.23. The monoisotopic (exact) mass is 692 g/mol. The Morgan fingerprint density at radius 3 is 2.33 bits per heavy atom. The fraction of sp³-hybridized carbons (Fsp3) is 0.323. The van der Waals surface area contributed by atoms with Crippen molar-refractivity contribution in [1.29, 1.82) is 0 Å². The number of carbonyl (C=O) groups is 2. The van der Waals surface area contributed by atoms with Gasteiger partial charge in [0.2, 0.25) is 0 Å². The number of aromatic carboxylic acids is 1. The van der Waals surface area contributed by atoms with Crippen molar-refractivity contribution in [2.75, 3.05) is 44.8 Å². The molecule has 2 aliphatic heterocycles. The molecule has 0 bridgehead atoms. The van der Waals surface area contributed by atoms with E-state index in [-0.39, 0.29) is 18.2 Å². The summed E-state index contributed by atoms with van der Waals surface area (Å²) < 4.78 is 58.9. The van der Waals surface area contributed by atoms with Gasteiger partial charge in [-0.25, -0.2) is 23.9 Å². The van der Waals surface area contributed by atoms with Crippen molar-refractivity contribution < 1.29 is 46.8 Å². The Hall–Kier alpha value is -4.80. The van der Waals surface area contributed by atoms with Gasteiger partial charge in [0, 0.05) is 56.6 Å². The molecule has 0 saturated heterocycles. The van der Waals surface area contributed by atoms with Crippen LogP contribution in [0.2, 0.25) is 5.02 Å². The Labute approximate surface area is 275 Å². The fourth-order valence-corrected chi connectivity index (χ4v) is 5.51. The number of aromatic nitrogens is 4. The number of methoxy groups -OCH3 is 1. The standard InChI is InChI=1S/C29H28ClFN6O4.C2HF3O2/c1-40-9-8-37-25-10-18(28(38)39)3-5-24(25)33-27(37)16-35-12-20-14-36(15-21(20)13-35)26-6-7-32-29(34-26)41-17-19-2-4-22(30)11-23(19)31;3-2(4,5)1(6)7/h2-7,10-11H,8-9,12-17H2,1H3,(H,38,39);(H,6,7). The largest absolute Gasteiger partial charge is 0.490 e. The molecule has 2 aromatic carbocycles. The Balaban J connectivity index is 0.000000582. The van der Waals surface area contributed by atoms with Gasteiger partial charge in [-0.3, -0.25) is 4.90 Å². The highest BCUT2D eigenvalue weighted by Crippen LogP contribution is 2.30. The van der Waals surface area contributed by atoms with Crippen LogP contribution < -0.4 is 9.64 Å². The van der Waals surface area contributed by atoms with Crippen molar-refractivity contribution in [3.8, 4) is 6.01 Å². The van der Waals surface area contributed by atoms with E-state index in [2.05, 4.69) is 24.3 Å². The fourth-order valence-electron chi connectivity index (χ4n) is 5.35. The molecule has 17 heteroatoms. The average Bonchev–Trinajstić information content (AvgIpc) is 3.70. The predicted molar refractivity (Wildman–Crippen MR) is 165 cm³/mol. The summed E-state index contributed by atoms with van der Waals surface area (Å²) >= 11 is 5.83. The van der Waals surface area contributed by atoms with Gasteiger partial charge in [-0.15, -0.1) is 0 Å². The molecule has 0 fully saturated rings. The van der Waals surface area contributed by atoms with E-state index in [1.54, 1.807) is 43.6 Å². The van der Waals surface area contributed by atoms with Crippen LogP contribution in [0.25, 0.3) is 11.0 Å². The second-order valence-corrected chi connectivity index (χ2v) is 11.4. The van der Waals surface area contributed by atoms with Crippen LogP contribution in [0.15, 0.2) is 59.8 Å². The number of carboxylic acid groups (broad SMARTS) is 2. The smallest absolute Gasteiger partial charge is 0.478 e. The van der Waals surface area contributed by atoms with Gasteiger partial charge in [-0.05, 0) is 47.5 Å². The number of aliphatic carboxylic acids is 1. The summed E-state index contributed by atoms with van der Waals surface area (Å²) in [6, 6.07) is 11.5. The lowest BCUT2D eigenvalue weighted by Crippen LogP contribution is -2.31. The summed E-state index contributed by atoms with van der Waals surface area (Å²) in [5, 5.41) is 16.9. The maximum absolute atomic E-state index is 14.1. The van der Waals surface area contributed by atoms with Crippen LogP contribution >= 0.6 is 11.6 Å². The SMILES string of the molecule is COCCn1c(CN2CC3=C(C2)CN(c2ccnc(OCc4ccc(Cl)cc4F)n2)C3)nc2ccc(C(=O)O)cc21.O=C(O)C(F)(F)F. The van der Waals surface area contributed by atoms with Gasteiger partial charge in [0.25, 0.3) is 0 Å². The Bertz CT molecular complexity index is 1850. The zero-order valence-electron chi connectivity index (χ0n) is 25.4. The molecular formula is C31H29ClF4N6O6. The Kier molecular flexibility index (Phi) is 10.5. The Morgan fingerprint density at radius 1 is 1.00 bits per heavy atom. The highest BCUT2D eigenvalue weighted by Gasteiger charge is 2.38. The number of fused-ring (bicyclic) bond motifs is 1. The van der Waals surface area contributed by atoms with Crippen molar-refractivity contribution in [3.63, 3.8) is 0 Å². The minimum absolute atomic E-state index is 0.00292. The van der Waals surface area contributed by atoms with Crippen LogP contribution in [0.3, 0.4) is 0 Å². The molecule has 4 aromatic rings. The number of rotatable bonds is 10. The number of ether oxygens (including phenoxy) is 2. The maximum atomic E-state index is 14.1. The summed E-state index contributed by atoms with van der Waals surface area (Å²) in [6.07, 6.45) is -3.44. The van der Waals surface area contributed by atoms with E-state index < -0.39 is 23.9 Å². The van der Waals surface area contributed by atoms with Crippen LogP contribution in [-0.2, 0) is 29.2 Å². The molecule has 0 atom stereocenters. The third kappa shape index (κ3) is 8.18. The van der Waals surface area contributed by atoms with Gasteiger partial charge in [0.05, 0.1) is 29.7 Å². The first kappa shape index (κ1) is 34.5. The van der Waals surface area contributed by atoms with Crippen molar-refractivity contribution in [2.24, 2.45) is 0 Å². The van der Waals surface area contributed by atoms with E-state index in [1.165, 1.54) is 17.2 Å². The molecule has 0 saturated carbocycles. The van der Waals surface area contributed by atoms with E-state index in [1.807, 2.05) is 6.07 Å². The molecule has 0 radical (unpaired) electrons. The molecule has 2 N–H and O–H groups in total. The lowest BCUT2D eigenvalue weighted by atomic mass is 10.2. The highest BCUT2D eigenvalue weighted by atomic mass is 35.5. The van der Waals surface area contributed by atoms with Gasteiger partial charge in [-0.1, -0.05) is 17.7 Å². The first-order valence-corrected chi connectivity index (χ1v) is 14.8. The van der Waals surface area contributed by atoms with Gasteiger partial charge in [0.1, 0.15) is 24.1 Å². The van der Waals surface area contributed by atoms with Crippen LogP contribution in [0, 0.1) is 5.82 Å². The van der Waals surface area contributed by atoms with Crippen molar-refractivity contribution in [2.45, 2.75) is 25.9 Å². The molecule has 4 heterocycles. The van der Waals surface area contributed by atoms with E-state index in [0.717, 1.165) is 48.9 Å². The van der Waals surface area contributed by atoms with Crippen LogP contribution in [0.1, 0.15) is 21.7 Å². The van der Waals surface area contributed by atoms with E-state index in [4.69, 9.17) is 36.0 Å². The van der Waals surface area contributed by atoms with Crippen molar-refractivity contribution >= 4 is 40.4 Å². The van der Waals surface area contributed by atoms with E-state index in [9.17, 15) is 27.5 Å². The summed E-state index contributed by atoms with van der Waals surface area (Å²) in [7, 11) is 1.65. The molecule has 2 aliphatic rings. The number of alkyl halides is 3. The Morgan fingerprint density at radius 2 is 1.71 bits per heavy atom. The van der Waals surface area contributed by atoms with Crippen molar-refractivity contribution in [1.82, 2.24) is 24.4 Å². The van der Waals surface area contributed by atoms with Crippen LogP contribution in [0.4, 0.5) is 23.4 Å². The van der Waals surface area contributed by atoms with Gasteiger partial charge >= 0.3 is 24.1 Å². The van der Waals surface area contributed by atoms with Gasteiger partial charge in [0.15, 0.2) is 0 Å². The zero-order valence-corrected chi connectivity index (χ0v) is 26.1. The number of hydrogen-bond donors (Lipinski definition) is 2. The highest BCUT2D eigenvalue weighted by molar-refractivity contribution is 6.30. The third-order valence-electron chi connectivity index (χ3n) is 7.61. The van der Waals surface area contributed by atoms with E-state index >= 15 is 0 Å². The summed E-state index contributed by atoms with van der Waals surface area (Å²) in [4.78, 5) is 38.5. The van der Waals surface area contributed by atoms with Crippen LogP contribution in [0.5, 0.6) is 6.01 Å². The number of carboxylic acids is 2.